The summed E-state index contributed by atoms with van der Waals surface area (Å²) >= 11 is 0. The van der Waals surface area contributed by atoms with Crippen molar-refractivity contribution in [3.05, 3.63) is 17.1 Å². The summed E-state index contributed by atoms with van der Waals surface area (Å²) in [5.74, 6) is 1.71. The van der Waals surface area contributed by atoms with Crippen LogP contribution in [0.3, 0.4) is 0 Å². The Bertz CT molecular complexity index is 865. The van der Waals surface area contributed by atoms with Gasteiger partial charge in [-0.3, -0.25) is 4.79 Å². The number of nitrogens with one attached hydrogen (secondary N) is 1. The summed E-state index contributed by atoms with van der Waals surface area (Å²) in [4.78, 5) is 23.0. The number of hydrogen-bond donors (Lipinski definition) is 1. The predicted octanol–water partition coefficient (Wildman–Crippen LogP) is 1.87. The maximum Gasteiger partial charge on any atom is 0.219 e. The van der Waals surface area contributed by atoms with Crippen molar-refractivity contribution in [2.75, 3.05) is 32.0 Å². The van der Waals surface area contributed by atoms with Gasteiger partial charge in [-0.25, -0.2) is 18.4 Å². The summed E-state index contributed by atoms with van der Waals surface area (Å²) in [6, 6.07) is 0. The molecule has 1 saturated carbocycles. The van der Waals surface area contributed by atoms with E-state index >= 15 is 0 Å². The second-order valence-electron chi connectivity index (χ2n) is 8.44. The Hall–Kier alpha value is -1.74. The molecule has 1 atom stereocenters. The van der Waals surface area contributed by atoms with Gasteiger partial charge >= 0.3 is 0 Å². The normalized spacial score (nSPS) is 23.8. The Kier molecular flexibility index (Phi) is 5.79. The molecule has 160 valence electrons. The van der Waals surface area contributed by atoms with E-state index in [4.69, 9.17) is 9.97 Å². The van der Waals surface area contributed by atoms with Crippen molar-refractivity contribution in [3.63, 3.8) is 0 Å². The first-order chi connectivity index (χ1) is 13.9. The average Bonchev–Trinajstić information content (AvgIpc) is 3.24. The minimum atomic E-state index is -3.29. The fourth-order valence-corrected chi connectivity index (χ4v) is 6.85. The van der Waals surface area contributed by atoms with Gasteiger partial charge in [0.2, 0.25) is 15.9 Å². The number of nitrogens with zero attached hydrogens (tertiary/aromatic N) is 4. The van der Waals surface area contributed by atoms with Crippen molar-refractivity contribution in [1.29, 1.82) is 0 Å². The van der Waals surface area contributed by atoms with Crippen LogP contribution in [-0.2, 0) is 27.8 Å². The molecule has 4 rings (SSSR count). The Morgan fingerprint density at radius 1 is 1.10 bits per heavy atom. The fourth-order valence-electron chi connectivity index (χ4n) is 4.85. The zero-order chi connectivity index (χ0) is 20.6. The van der Waals surface area contributed by atoms with E-state index in [1.165, 1.54) is 0 Å². The van der Waals surface area contributed by atoms with E-state index in [1.54, 1.807) is 11.2 Å². The molecule has 1 saturated heterocycles. The van der Waals surface area contributed by atoms with Crippen LogP contribution in [-0.4, -0.2) is 65.4 Å². The van der Waals surface area contributed by atoms with Gasteiger partial charge in [0, 0.05) is 58.1 Å². The van der Waals surface area contributed by atoms with Crippen molar-refractivity contribution >= 4 is 21.7 Å². The van der Waals surface area contributed by atoms with E-state index in [-0.39, 0.29) is 17.1 Å². The van der Waals surface area contributed by atoms with Crippen LogP contribution in [0.25, 0.3) is 0 Å². The molecular weight excluding hydrogens is 390 g/mol. The molecule has 29 heavy (non-hydrogen) atoms. The Morgan fingerprint density at radius 2 is 1.86 bits per heavy atom. The number of likely N-dealkylation sites (tertiary alicyclic amines) is 1. The van der Waals surface area contributed by atoms with Crippen LogP contribution in [0.15, 0.2) is 0 Å². The molecule has 1 aromatic heterocycles. The predicted molar refractivity (Wildman–Crippen MR) is 111 cm³/mol. The second kappa shape index (κ2) is 8.18. The maximum atomic E-state index is 13.2. The lowest BCUT2D eigenvalue weighted by molar-refractivity contribution is -0.127. The van der Waals surface area contributed by atoms with E-state index < -0.39 is 10.0 Å². The van der Waals surface area contributed by atoms with Gasteiger partial charge in [0.05, 0.1) is 10.9 Å². The third-order valence-corrected chi connectivity index (χ3v) is 8.96. The summed E-state index contributed by atoms with van der Waals surface area (Å²) in [6.07, 6.45) is 6.15. The molecule has 2 fully saturated rings. The van der Waals surface area contributed by atoms with Gasteiger partial charge in [-0.1, -0.05) is 19.3 Å². The largest absolute Gasteiger partial charge is 0.373 e. The van der Waals surface area contributed by atoms with Gasteiger partial charge in [0.15, 0.2) is 0 Å². The summed E-state index contributed by atoms with van der Waals surface area (Å²) in [7, 11) is -1.47. The Balaban J connectivity index is 1.56. The maximum absolute atomic E-state index is 13.2. The van der Waals surface area contributed by atoms with Gasteiger partial charge in [-0.15, -0.1) is 0 Å². The summed E-state index contributed by atoms with van der Waals surface area (Å²) in [5.41, 5.74) is 1.83. The number of aromatic nitrogens is 2. The lowest BCUT2D eigenvalue weighted by Crippen LogP contribution is -2.43. The van der Waals surface area contributed by atoms with E-state index in [9.17, 15) is 13.2 Å². The number of rotatable bonds is 4. The van der Waals surface area contributed by atoms with Crippen molar-refractivity contribution in [3.8, 4) is 0 Å². The third-order valence-electron chi connectivity index (χ3n) is 6.61. The van der Waals surface area contributed by atoms with Crippen LogP contribution in [0, 0.1) is 0 Å². The highest BCUT2D eigenvalue weighted by molar-refractivity contribution is 7.89. The van der Waals surface area contributed by atoms with Gasteiger partial charge in [0.25, 0.3) is 0 Å². The van der Waals surface area contributed by atoms with Crippen LogP contribution < -0.4 is 5.32 Å². The molecule has 1 unspecified atom stereocenters. The topological polar surface area (TPSA) is 95.5 Å². The zero-order valence-corrected chi connectivity index (χ0v) is 18.2. The summed E-state index contributed by atoms with van der Waals surface area (Å²) in [5, 5.41) is 2.91. The summed E-state index contributed by atoms with van der Waals surface area (Å²) < 4.78 is 27.9. The molecule has 0 bridgehead atoms. The molecule has 3 heterocycles. The number of fused-ring (bicyclic) bond motifs is 1. The molecule has 1 amide bonds. The number of sulfonamides is 1. The van der Waals surface area contributed by atoms with Gasteiger partial charge in [-0.2, -0.15) is 4.31 Å². The molecule has 0 radical (unpaired) electrons. The average molecular weight is 422 g/mol. The minimum Gasteiger partial charge on any atom is -0.373 e. The summed E-state index contributed by atoms with van der Waals surface area (Å²) in [6.45, 7) is 3.81. The first-order valence-electron chi connectivity index (χ1n) is 10.7. The molecule has 1 aliphatic carbocycles. The highest BCUT2D eigenvalue weighted by Gasteiger charge is 2.37. The van der Waals surface area contributed by atoms with Crippen LogP contribution in [0.1, 0.15) is 68.4 Å². The standard InChI is InChI=1S/C20H31N5O3S/c1-14(26)24-10-8-15(12-24)19-22-18-9-11-25(13-17(18)20(21-2)23-19)29(27,28)16-6-4-3-5-7-16/h15-16H,3-13H2,1-2H3,(H,21,22,23). The lowest BCUT2D eigenvalue weighted by atomic mass is 10.0. The molecule has 3 aliphatic rings. The van der Waals surface area contributed by atoms with Crippen LogP contribution in [0.2, 0.25) is 0 Å². The van der Waals surface area contributed by atoms with Crippen molar-refractivity contribution in [1.82, 2.24) is 19.2 Å². The third kappa shape index (κ3) is 3.99. The van der Waals surface area contributed by atoms with Crippen LogP contribution in [0.5, 0.6) is 0 Å². The molecule has 9 heteroatoms. The van der Waals surface area contributed by atoms with Crippen molar-refractivity contribution in [2.24, 2.45) is 0 Å². The van der Waals surface area contributed by atoms with Crippen LogP contribution >= 0.6 is 0 Å². The smallest absolute Gasteiger partial charge is 0.219 e. The highest BCUT2D eigenvalue weighted by Crippen LogP contribution is 2.33. The second-order valence-corrected chi connectivity index (χ2v) is 10.7. The number of anilines is 1. The fraction of sp³-hybridized carbons (Fsp3) is 0.750. The molecule has 8 nitrogen and oxygen atoms in total. The molecule has 1 N–H and O–H groups in total. The molecule has 0 aromatic carbocycles. The number of carbonyl (C=O) groups excluding carboxylic acids is 1. The zero-order valence-electron chi connectivity index (χ0n) is 17.4. The first-order valence-corrected chi connectivity index (χ1v) is 12.2. The Morgan fingerprint density at radius 3 is 2.52 bits per heavy atom. The van der Waals surface area contributed by atoms with Crippen molar-refractivity contribution in [2.45, 2.75) is 69.6 Å². The SMILES string of the molecule is CNc1nc(C2CCN(C(C)=O)C2)nc2c1CN(S(=O)(=O)C1CCCCC1)CC2. The van der Waals surface area contributed by atoms with Crippen LogP contribution in [0.4, 0.5) is 5.82 Å². The molecule has 2 aliphatic heterocycles. The van der Waals surface area contributed by atoms with Gasteiger partial charge < -0.3 is 10.2 Å². The minimum absolute atomic E-state index is 0.0860. The van der Waals surface area contributed by atoms with E-state index in [1.807, 2.05) is 11.9 Å². The van der Waals surface area contributed by atoms with E-state index in [0.717, 1.165) is 68.0 Å². The number of amides is 1. The van der Waals surface area contributed by atoms with E-state index in [2.05, 4.69) is 5.32 Å². The quantitative estimate of drug-likeness (QED) is 0.797. The lowest BCUT2D eigenvalue weighted by Gasteiger charge is -2.33. The molecule has 0 spiro atoms. The van der Waals surface area contributed by atoms with E-state index in [0.29, 0.717) is 26.1 Å². The highest BCUT2D eigenvalue weighted by atomic mass is 32.2. The number of hydrogen-bond acceptors (Lipinski definition) is 6. The molecule has 1 aromatic rings. The van der Waals surface area contributed by atoms with Gasteiger partial charge in [-0.05, 0) is 19.3 Å². The number of carbonyl (C=O) groups is 1. The van der Waals surface area contributed by atoms with Gasteiger partial charge in [0.1, 0.15) is 11.6 Å². The van der Waals surface area contributed by atoms with Crippen molar-refractivity contribution < 1.29 is 13.2 Å². The Labute approximate surface area is 173 Å². The monoisotopic (exact) mass is 421 g/mol. The first kappa shape index (κ1) is 20.5. The molecular formula is C20H31N5O3S.